The number of rotatable bonds is 1. The molecule has 0 amide bonds. The van der Waals surface area contributed by atoms with Crippen molar-refractivity contribution < 1.29 is 10.2 Å². The van der Waals surface area contributed by atoms with Crippen LogP contribution in [0.5, 0.6) is 11.5 Å². The molecule has 2 nitrogen and oxygen atoms in total. The second-order valence-electron chi connectivity index (χ2n) is 4.48. The standard InChI is InChI=1S/C16H14O2.2Na.2H/c1-2-10-7-8-13-14(9-10)16(18)12-6-4-3-5-11(12)15(13)17;;;;/h3-9,17-18H,2H2,1H3;;;;. The Labute approximate surface area is 162 Å². The van der Waals surface area contributed by atoms with E-state index < -0.39 is 0 Å². The summed E-state index contributed by atoms with van der Waals surface area (Å²) < 4.78 is 0. The molecular weight excluding hydrogens is 270 g/mol. The van der Waals surface area contributed by atoms with Gasteiger partial charge in [0.1, 0.15) is 11.5 Å². The summed E-state index contributed by atoms with van der Waals surface area (Å²) in [6, 6.07) is 13.1. The Kier molecular flexibility index (Phi) is 6.39. The molecule has 0 aromatic heterocycles. The van der Waals surface area contributed by atoms with Crippen LogP contribution in [-0.2, 0) is 6.42 Å². The van der Waals surface area contributed by atoms with Crippen LogP contribution in [-0.4, -0.2) is 69.3 Å². The molecule has 2 N–H and O–H groups in total. The van der Waals surface area contributed by atoms with E-state index in [0.717, 1.165) is 12.0 Å². The Balaban J connectivity index is 0.000001000. The zero-order valence-electron chi connectivity index (χ0n) is 10.1. The van der Waals surface area contributed by atoms with E-state index in [4.69, 9.17) is 0 Å². The minimum atomic E-state index is 0. The number of aryl methyl sites for hydroxylation is 1. The van der Waals surface area contributed by atoms with Crippen molar-refractivity contribution >= 4 is 80.7 Å². The quantitative estimate of drug-likeness (QED) is 0.410. The van der Waals surface area contributed by atoms with Crippen LogP contribution in [0.3, 0.4) is 0 Å². The van der Waals surface area contributed by atoms with Gasteiger partial charge in [-0.2, -0.15) is 0 Å². The molecule has 0 saturated carbocycles. The number of phenolic OH excluding ortho intramolecular Hbond substituents is 2. The summed E-state index contributed by atoms with van der Waals surface area (Å²) in [5.41, 5.74) is 1.15. The van der Waals surface area contributed by atoms with Gasteiger partial charge in [0.15, 0.2) is 0 Å². The van der Waals surface area contributed by atoms with Crippen LogP contribution < -0.4 is 0 Å². The summed E-state index contributed by atoms with van der Waals surface area (Å²) in [5, 5.41) is 23.4. The van der Waals surface area contributed by atoms with Crippen LogP contribution in [0.1, 0.15) is 12.5 Å². The summed E-state index contributed by atoms with van der Waals surface area (Å²) in [5.74, 6) is 0.481. The second-order valence-corrected chi connectivity index (χ2v) is 4.48. The first-order chi connectivity index (χ1) is 8.72. The van der Waals surface area contributed by atoms with Crippen molar-refractivity contribution in [3.8, 4) is 11.5 Å². The molecule has 3 aromatic carbocycles. The first kappa shape index (κ1) is 17.8. The average Bonchev–Trinajstić information content (AvgIpc) is 2.44. The van der Waals surface area contributed by atoms with Gasteiger partial charge in [-0.05, 0) is 18.1 Å². The van der Waals surface area contributed by atoms with Gasteiger partial charge in [-0.25, -0.2) is 0 Å². The predicted octanol–water partition coefficient (Wildman–Crippen LogP) is 2.67. The van der Waals surface area contributed by atoms with Crippen molar-refractivity contribution in [1.29, 1.82) is 0 Å². The molecule has 0 saturated heterocycles. The van der Waals surface area contributed by atoms with Crippen molar-refractivity contribution in [2.75, 3.05) is 0 Å². The fourth-order valence-electron chi connectivity index (χ4n) is 2.40. The van der Waals surface area contributed by atoms with Gasteiger partial charge < -0.3 is 10.2 Å². The Morgan fingerprint density at radius 3 is 1.80 bits per heavy atom. The molecule has 0 spiro atoms. The monoisotopic (exact) mass is 286 g/mol. The van der Waals surface area contributed by atoms with Crippen molar-refractivity contribution in [3.05, 3.63) is 48.0 Å². The third-order valence-corrected chi connectivity index (χ3v) is 3.44. The molecule has 0 heterocycles. The SMILES string of the molecule is CCc1ccc2c(O)c3ccccc3c(O)c2c1.[NaH].[NaH]. The van der Waals surface area contributed by atoms with Gasteiger partial charge >= 0.3 is 59.1 Å². The number of hydrogen-bond acceptors (Lipinski definition) is 2. The molecule has 20 heavy (non-hydrogen) atoms. The molecular formula is C16H16Na2O2. The van der Waals surface area contributed by atoms with Gasteiger partial charge in [0.2, 0.25) is 0 Å². The summed E-state index contributed by atoms with van der Waals surface area (Å²) in [4.78, 5) is 0. The van der Waals surface area contributed by atoms with Crippen molar-refractivity contribution in [1.82, 2.24) is 0 Å². The summed E-state index contributed by atoms with van der Waals surface area (Å²) >= 11 is 0. The zero-order chi connectivity index (χ0) is 12.7. The van der Waals surface area contributed by atoms with E-state index in [2.05, 4.69) is 6.92 Å². The summed E-state index contributed by atoms with van der Waals surface area (Å²) in [6.07, 6.45) is 0.906. The van der Waals surface area contributed by atoms with Gasteiger partial charge in [0, 0.05) is 21.5 Å². The first-order valence-corrected chi connectivity index (χ1v) is 6.07. The van der Waals surface area contributed by atoms with Crippen molar-refractivity contribution in [2.45, 2.75) is 13.3 Å². The van der Waals surface area contributed by atoms with E-state index in [1.54, 1.807) is 0 Å². The zero-order valence-corrected chi connectivity index (χ0v) is 10.1. The van der Waals surface area contributed by atoms with E-state index in [1.165, 1.54) is 0 Å². The van der Waals surface area contributed by atoms with Crippen molar-refractivity contribution in [2.24, 2.45) is 0 Å². The van der Waals surface area contributed by atoms with Gasteiger partial charge in [-0.15, -0.1) is 0 Å². The minimum absolute atomic E-state index is 0. The fraction of sp³-hybridized carbons (Fsp3) is 0.125. The van der Waals surface area contributed by atoms with Gasteiger partial charge in [-0.1, -0.05) is 43.3 Å². The van der Waals surface area contributed by atoms with Crippen LogP contribution >= 0.6 is 0 Å². The molecule has 0 fully saturated rings. The fourth-order valence-corrected chi connectivity index (χ4v) is 2.40. The summed E-state index contributed by atoms with van der Waals surface area (Å²) in [6.45, 7) is 2.07. The maximum absolute atomic E-state index is 10.3. The third kappa shape index (κ3) is 2.87. The molecule has 0 aliphatic carbocycles. The predicted molar refractivity (Wildman–Crippen MR) is 88.5 cm³/mol. The number of aromatic hydroxyl groups is 2. The topological polar surface area (TPSA) is 40.5 Å². The van der Waals surface area contributed by atoms with E-state index in [9.17, 15) is 10.2 Å². The molecule has 0 atom stereocenters. The van der Waals surface area contributed by atoms with Crippen LogP contribution in [0.15, 0.2) is 42.5 Å². The molecule has 0 aliphatic rings. The molecule has 3 rings (SSSR count). The van der Waals surface area contributed by atoms with Crippen molar-refractivity contribution in [3.63, 3.8) is 0 Å². The van der Waals surface area contributed by atoms with Crippen LogP contribution in [0.4, 0.5) is 0 Å². The second kappa shape index (κ2) is 7.17. The Bertz CT molecular complexity index is 754. The molecule has 0 radical (unpaired) electrons. The first-order valence-electron chi connectivity index (χ1n) is 6.07. The number of benzene rings is 3. The Morgan fingerprint density at radius 1 is 0.750 bits per heavy atom. The molecule has 94 valence electrons. The molecule has 3 aromatic rings. The van der Waals surface area contributed by atoms with E-state index >= 15 is 0 Å². The normalized spacial score (nSPS) is 10.1. The molecule has 0 aliphatic heterocycles. The van der Waals surface area contributed by atoms with Crippen LogP contribution in [0, 0.1) is 0 Å². The number of phenols is 2. The van der Waals surface area contributed by atoms with E-state index in [1.807, 2.05) is 42.5 Å². The maximum atomic E-state index is 10.3. The average molecular weight is 286 g/mol. The molecule has 4 heteroatoms. The van der Waals surface area contributed by atoms with E-state index in [0.29, 0.717) is 21.5 Å². The third-order valence-electron chi connectivity index (χ3n) is 3.44. The van der Waals surface area contributed by atoms with E-state index in [-0.39, 0.29) is 70.6 Å². The Hall–Kier alpha value is -0.220. The van der Waals surface area contributed by atoms with Crippen LogP contribution in [0.2, 0.25) is 0 Å². The number of hydrogen-bond donors (Lipinski definition) is 2. The molecule has 0 bridgehead atoms. The Morgan fingerprint density at radius 2 is 1.25 bits per heavy atom. The van der Waals surface area contributed by atoms with Gasteiger partial charge in [0.25, 0.3) is 0 Å². The number of fused-ring (bicyclic) bond motifs is 2. The van der Waals surface area contributed by atoms with Crippen LogP contribution in [0.25, 0.3) is 21.5 Å². The summed E-state index contributed by atoms with van der Waals surface area (Å²) in [7, 11) is 0. The van der Waals surface area contributed by atoms with Gasteiger partial charge in [0.05, 0.1) is 0 Å². The van der Waals surface area contributed by atoms with Gasteiger partial charge in [-0.3, -0.25) is 0 Å². The molecule has 0 unspecified atom stereocenters.